The summed E-state index contributed by atoms with van der Waals surface area (Å²) < 4.78 is 36.5. The van der Waals surface area contributed by atoms with Gasteiger partial charge in [0.25, 0.3) is 17.7 Å². The van der Waals surface area contributed by atoms with Gasteiger partial charge in [-0.2, -0.15) is 0 Å². The molecule has 0 saturated carbocycles. The normalized spacial score (nSPS) is 24.1. The van der Waals surface area contributed by atoms with Gasteiger partial charge in [-0.1, -0.05) is 74.9 Å². The SMILES string of the molecule is CO[C@H]1OCCN2[C@@H]1O[C@@H]1[C@H](C)O[C@@H](O[C@H]3C[C@](O)(C(=O)N4CCN(C(=O)OCc5ccc(NC(=O)CNC(=O)[C@H](CC(C)C)NC(=O)[C@H](Cc6ccccc6)NC(=O)CCCCCN6C(=O)C=CC6=O)cc5)CC4)Cc4c(O)c5c(c(O)c43)C(=O)c3c(N)cccc3C5=O)C[C@@H]12. The molecule has 97 heavy (non-hydrogen) atoms. The zero-order valence-corrected chi connectivity index (χ0v) is 54.3. The molecular weight excluding hydrogens is 1260 g/mol. The molecule has 5 aliphatic heterocycles. The Bertz CT molecular complexity index is 3730. The third-order valence-corrected chi connectivity index (χ3v) is 18.7. The minimum atomic E-state index is -2.33. The fourth-order valence-corrected chi connectivity index (χ4v) is 13.9. The summed E-state index contributed by atoms with van der Waals surface area (Å²) in [6, 6.07) is 17.4. The lowest BCUT2D eigenvalue weighted by atomic mass is 9.72. The third kappa shape index (κ3) is 15.0. The summed E-state index contributed by atoms with van der Waals surface area (Å²) in [6.45, 7) is 5.96. The average molecular weight is 1340 g/mol. The second-order valence-electron chi connectivity index (χ2n) is 25.9. The number of aliphatic hydroxyl groups is 1. The molecule has 0 radical (unpaired) electrons. The van der Waals surface area contributed by atoms with Crippen molar-refractivity contribution in [2.45, 2.75) is 146 Å². The number of unbranched alkanes of at least 4 members (excludes halogenated alkanes) is 2. The zero-order valence-electron chi connectivity index (χ0n) is 54.3. The predicted molar refractivity (Wildman–Crippen MR) is 344 cm³/mol. The lowest BCUT2D eigenvalue weighted by Gasteiger charge is -2.45. The number of fused-ring (bicyclic) bond motifs is 6. The minimum Gasteiger partial charge on any atom is -0.507 e. The number of benzene rings is 4. The van der Waals surface area contributed by atoms with Crippen LogP contribution in [-0.2, 0) is 81.4 Å². The summed E-state index contributed by atoms with van der Waals surface area (Å²) in [6.07, 6.45) is -1.78. The fraction of sp³-hybridized carbons (Fsp3) is 0.478. The number of hydrogen-bond acceptors (Lipinski definition) is 21. The molecule has 7 aliphatic rings. The van der Waals surface area contributed by atoms with Crippen LogP contribution < -0.4 is 27.0 Å². The molecule has 0 spiro atoms. The Kier molecular flexibility index (Phi) is 21.2. The van der Waals surface area contributed by atoms with E-state index in [1.165, 1.54) is 47.3 Å². The van der Waals surface area contributed by atoms with Crippen LogP contribution in [0.25, 0.3) is 0 Å². The molecular formula is C69H81N9O19. The number of carbonyl (C=O) groups is 10. The average Bonchev–Trinajstić information content (AvgIpc) is 1.45. The Morgan fingerprint density at radius 3 is 2.19 bits per heavy atom. The molecule has 2 aliphatic carbocycles. The van der Waals surface area contributed by atoms with E-state index < -0.39 is 138 Å². The van der Waals surface area contributed by atoms with Gasteiger partial charge < -0.3 is 80.5 Å². The first-order valence-electron chi connectivity index (χ1n) is 32.7. The number of nitrogen functional groups attached to an aromatic ring is 1. The molecule has 4 saturated heterocycles. The van der Waals surface area contributed by atoms with E-state index in [-0.39, 0.29) is 123 Å². The number of rotatable bonds is 23. The number of nitrogens with two attached hydrogens (primary N) is 1. The van der Waals surface area contributed by atoms with Crippen molar-refractivity contribution < 1.29 is 91.7 Å². The number of hydrogen-bond donors (Lipinski definition) is 8. The Labute approximate surface area is 559 Å². The number of piperazine rings is 1. The standard InChI is InChI=1S/C69H81N9O19/c1-37(2)30-45(74-64(88)46(31-39-12-7-5-8-13-39)73-49(79)16-9-6-10-23-78-51(81)21-22-52(78)82)63(87)71-35-50(80)72-41-19-17-40(18-20-41)36-94-68(90)76-26-24-75(25-27-76)67(89)69(91)33-43-55(61(86)57-56(59(43)84)58(83)42-14-11-15-44(70)54(42)60(57)85)48(34-69)96-53-32-47-62(38(3)95-53)97-65-66(92-4)93-29-28-77(47)65/h5,7-8,11-15,17-22,37-38,45-48,53,62,65-66,84,86,91H,6,9-10,16,23-36,70H2,1-4H3,(H,71,87)(H,72,80)(H,73,79)(H,74,88)/t38-,45-,46-,47-,48-,53-,62+,65+,66-,69-/m0/s1. The number of anilines is 2. The number of methoxy groups -OCH3 is 1. The maximum Gasteiger partial charge on any atom is 0.410 e. The van der Waals surface area contributed by atoms with Crippen molar-refractivity contribution in [2.24, 2.45) is 5.92 Å². The van der Waals surface area contributed by atoms with Crippen LogP contribution in [0.2, 0.25) is 0 Å². The van der Waals surface area contributed by atoms with Crippen molar-refractivity contribution in [2.75, 3.05) is 70.6 Å². The van der Waals surface area contributed by atoms with Crippen LogP contribution in [0.5, 0.6) is 11.5 Å². The van der Waals surface area contributed by atoms with Crippen molar-refractivity contribution in [1.29, 1.82) is 0 Å². The molecule has 28 nitrogen and oxygen atoms in total. The largest absolute Gasteiger partial charge is 0.507 e. The second-order valence-corrected chi connectivity index (χ2v) is 25.9. The number of morpholine rings is 1. The number of ether oxygens (including phenoxy) is 6. The maximum absolute atomic E-state index is 14.8. The second kappa shape index (κ2) is 29.7. The lowest BCUT2D eigenvalue weighted by molar-refractivity contribution is -0.256. The van der Waals surface area contributed by atoms with Crippen LogP contribution in [0.15, 0.2) is 84.9 Å². The smallest absolute Gasteiger partial charge is 0.410 e. The Hall–Kier alpha value is -9.16. The van der Waals surface area contributed by atoms with Gasteiger partial charge in [0.2, 0.25) is 23.6 Å². The topological polar surface area (TPSA) is 374 Å². The van der Waals surface area contributed by atoms with Crippen molar-refractivity contribution >= 4 is 70.4 Å². The van der Waals surface area contributed by atoms with Gasteiger partial charge in [-0.15, -0.1) is 0 Å². The molecule has 4 fully saturated rings. The highest BCUT2D eigenvalue weighted by Gasteiger charge is 2.56. The summed E-state index contributed by atoms with van der Waals surface area (Å²) in [7, 11) is 1.52. The first-order valence-corrected chi connectivity index (χ1v) is 32.7. The van der Waals surface area contributed by atoms with Crippen LogP contribution in [0.3, 0.4) is 0 Å². The molecule has 4 aromatic rings. The summed E-state index contributed by atoms with van der Waals surface area (Å²) in [4.78, 5) is 140. The molecule has 9 N–H and O–H groups in total. The molecule has 8 amide bonds. The molecule has 4 aromatic carbocycles. The monoisotopic (exact) mass is 1340 g/mol. The van der Waals surface area contributed by atoms with Crippen LogP contribution in [0, 0.1) is 5.92 Å². The Morgan fingerprint density at radius 1 is 0.763 bits per heavy atom. The Morgan fingerprint density at radius 2 is 1.47 bits per heavy atom. The number of amides is 8. The van der Waals surface area contributed by atoms with Crippen molar-refractivity contribution in [3.8, 4) is 11.5 Å². The van der Waals surface area contributed by atoms with Gasteiger partial charge in [0.05, 0.1) is 42.0 Å². The molecule has 11 rings (SSSR count). The number of phenols is 2. The zero-order chi connectivity index (χ0) is 69.0. The van der Waals surface area contributed by atoms with Crippen LogP contribution in [0.1, 0.15) is 126 Å². The number of nitrogens with one attached hydrogen (secondary N) is 4. The van der Waals surface area contributed by atoms with Gasteiger partial charge in [0.15, 0.2) is 30.4 Å². The van der Waals surface area contributed by atoms with E-state index in [4.69, 9.17) is 34.2 Å². The quantitative estimate of drug-likeness (QED) is 0.0202. The molecule has 5 heterocycles. The first kappa shape index (κ1) is 69.2. The first-order chi connectivity index (χ1) is 46.5. The summed E-state index contributed by atoms with van der Waals surface area (Å²) >= 11 is 0. The minimum absolute atomic E-state index is 0.00276. The predicted octanol–water partition coefficient (Wildman–Crippen LogP) is 3.00. The van der Waals surface area contributed by atoms with Crippen molar-refractivity contribution in [3.05, 3.63) is 129 Å². The fourth-order valence-electron chi connectivity index (χ4n) is 13.9. The molecule has 0 bridgehead atoms. The van der Waals surface area contributed by atoms with Gasteiger partial charge in [0.1, 0.15) is 41.9 Å². The highest BCUT2D eigenvalue weighted by atomic mass is 16.7. The van der Waals surface area contributed by atoms with Gasteiger partial charge in [-0.3, -0.25) is 53.0 Å². The Balaban J connectivity index is 0.672. The van der Waals surface area contributed by atoms with E-state index in [1.807, 2.05) is 39.0 Å². The van der Waals surface area contributed by atoms with E-state index in [9.17, 15) is 63.3 Å². The number of nitrogens with zero attached hydrogens (tertiary/aromatic N) is 4. The molecule has 516 valence electrons. The lowest BCUT2D eigenvalue weighted by Crippen LogP contribution is -2.59. The van der Waals surface area contributed by atoms with E-state index in [0.29, 0.717) is 43.7 Å². The van der Waals surface area contributed by atoms with Crippen molar-refractivity contribution in [3.63, 3.8) is 0 Å². The highest BCUT2D eigenvalue weighted by molar-refractivity contribution is 6.32. The van der Waals surface area contributed by atoms with Gasteiger partial charge in [0, 0.05) is 125 Å². The summed E-state index contributed by atoms with van der Waals surface area (Å²) in [5.41, 5.74) is 4.04. The molecule has 0 aromatic heterocycles. The van der Waals surface area contributed by atoms with E-state index in [0.717, 1.165) is 10.5 Å². The molecule has 28 heteroatoms. The number of carbonyl (C=O) groups excluding carboxylic acids is 10. The molecule has 10 atom stereocenters. The summed E-state index contributed by atoms with van der Waals surface area (Å²) in [5.74, 6) is -6.75. The number of imide groups is 1. The van der Waals surface area contributed by atoms with E-state index in [2.05, 4.69) is 26.2 Å². The third-order valence-electron chi connectivity index (χ3n) is 18.7. The van der Waals surface area contributed by atoms with Crippen LogP contribution >= 0.6 is 0 Å². The number of phenolic OH excluding ortho intramolecular Hbond substituents is 2. The van der Waals surface area contributed by atoms with Crippen molar-refractivity contribution in [1.82, 2.24) is 35.6 Å². The van der Waals surface area contributed by atoms with Gasteiger partial charge >= 0.3 is 6.09 Å². The highest BCUT2D eigenvalue weighted by Crippen LogP contribution is 2.53. The number of aromatic hydroxyl groups is 2. The number of ketones is 2. The van der Waals surface area contributed by atoms with Gasteiger partial charge in [-0.25, -0.2) is 4.79 Å². The van der Waals surface area contributed by atoms with Crippen LogP contribution in [-0.4, -0.2) is 208 Å². The molecule has 0 unspecified atom stereocenters. The van der Waals surface area contributed by atoms with E-state index in [1.54, 1.807) is 36.4 Å². The van der Waals surface area contributed by atoms with E-state index >= 15 is 0 Å². The maximum atomic E-state index is 14.8. The van der Waals surface area contributed by atoms with Crippen LogP contribution in [0.4, 0.5) is 16.2 Å². The summed E-state index contributed by atoms with van der Waals surface area (Å²) in [5, 5.41) is 48.0. The van der Waals surface area contributed by atoms with Gasteiger partial charge in [-0.05, 0) is 61.4 Å².